The van der Waals surface area contributed by atoms with Crippen molar-refractivity contribution in [1.82, 2.24) is 14.7 Å². The minimum Gasteiger partial charge on any atom is -0.288 e. The standard InChI is InChI=1S/C20H23N4O/c25-20(10-24-14-21-11-22(15-24)13-23(12-21)16-24)19-8-6-18(7-9-19)17-4-2-1-3-5-17/h1-9H,10-16H2/q+1. The van der Waals surface area contributed by atoms with E-state index in [0.29, 0.717) is 6.54 Å². The van der Waals surface area contributed by atoms with Crippen LogP contribution in [0.3, 0.4) is 0 Å². The summed E-state index contributed by atoms with van der Waals surface area (Å²) in [6, 6.07) is 18.4. The molecule has 0 spiro atoms. The molecule has 2 aromatic rings. The van der Waals surface area contributed by atoms with Crippen molar-refractivity contribution in [1.29, 1.82) is 0 Å². The third-order valence-corrected chi connectivity index (χ3v) is 5.49. The third-order valence-electron chi connectivity index (χ3n) is 5.49. The van der Waals surface area contributed by atoms with E-state index in [4.69, 9.17) is 0 Å². The quantitative estimate of drug-likeness (QED) is 0.631. The monoisotopic (exact) mass is 335 g/mol. The molecule has 25 heavy (non-hydrogen) atoms. The lowest BCUT2D eigenvalue weighted by atomic mass is 10.0. The molecule has 0 saturated carbocycles. The molecule has 0 amide bonds. The maximum Gasteiger partial charge on any atom is 0.217 e. The van der Waals surface area contributed by atoms with Crippen LogP contribution in [-0.2, 0) is 0 Å². The zero-order valence-corrected chi connectivity index (χ0v) is 14.3. The average molecular weight is 335 g/mol. The van der Waals surface area contributed by atoms with E-state index in [-0.39, 0.29) is 5.78 Å². The summed E-state index contributed by atoms with van der Waals surface area (Å²) in [5, 5.41) is 0. The van der Waals surface area contributed by atoms with Crippen LogP contribution in [0.1, 0.15) is 10.4 Å². The molecule has 4 fully saturated rings. The highest BCUT2D eigenvalue weighted by Crippen LogP contribution is 2.29. The Bertz CT molecular complexity index is 752. The van der Waals surface area contributed by atoms with E-state index in [2.05, 4.69) is 39.0 Å². The lowest BCUT2D eigenvalue weighted by molar-refractivity contribution is -0.973. The number of hydrogen-bond donors (Lipinski definition) is 0. The Morgan fingerprint density at radius 2 is 1.28 bits per heavy atom. The summed E-state index contributed by atoms with van der Waals surface area (Å²) in [5.41, 5.74) is 3.17. The van der Waals surface area contributed by atoms with Crippen LogP contribution in [0.25, 0.3) is 11.1 Å². The van der Waals surface area contributed by atoms with Crippen LogP contribution in [0.2, 0.25) is 0 Å². The first-order valence-electron chi connectivity index (χ1n) is 8.90. The van der Waals surface area contributed by atoms with Gasteiger partial charge in [0.25, 0.3) is 0 Å². The molecule has 4 saturated heterocycles. The summed E-state index contributed by atoms with van der Waals surface area (Å²) in [4.78, 5) is 20.2. The van der Waals surface area contributed by atoms with Crippen LogP contribution >= 0.6 is 0 Å². The fourth-order valence-electron chi connectivity index (χ4n) is 4.68. The number of carbonyl (C=O) groups excluding carboxylic acids is 1. The summed E-state index contributed by atoms with van der Waals surface area (Å²) in [5.74, 6) is 0.255. The summed E-state index contributed by atoms with van der Waals surface area (Å²) >= 11 is 0. The first kappa shape index (κ1) is 15.2. The maximum absolute atomic E-state index is 12.9. The minimum atomic E-state index is 0.255. The second-order valence-electron chi connectivity index (χ2n) is 7.73. The van der Waals surface area contributed by atoms with Gasteiger partial charge in [-0.2, -0.15) is 0 Å². The van der Waals surface area contributed by atoms with Crippen molar-refractivity contribution in [2.75, 3.05) is 46.6 Å². The fraction of sp³-hybridized carbons (Fsp3) is 0.350. The fourth-order valence-corrected chi connectivity index (χ4v) is 4.68. The van der Waals surface area contributed by atoms with Gasteiger partial charge in [-0.3, -0.25) is 9.28 Å². The largest absolute Gasteiger partial charge is 0.288 e. The second-order valence-corrected chi connectivity index (χ2v) is 7.73. The van der Waals surface area contributed by atoms with E-state index in [1.807, 2.05) is 30.3 Å². The molecule has 4 aliphatic rings. The predicted octanol–water partition coefficient (Wildman–Crippen LogP) is 2.04. The Kier molecular flexibility index (Phi) is 3.50. The van der Waals surface area contributed by atoms with Gasteiger partial charge in [0.15, 0.2) is 0 Å². The van der Waals surface area contributed by atoms with E-state index in [0.717, 1.165) is 55.6 Å². The number of Topliss-reactive ketones (excluding diaryl/α,β-unsaturated/α-hetero) is 1. The first-order valence-corrected chi connectivity index (χ1v) is 8.90. The molecule has 128 valence electrons. The number of ketones is 1. The Morgan fingerprint density at radius 3 is 1.84 bits per heavy atom. The molecule has 4 bridgehead atoms. The van der Waals surface area contributed by atoms with Crippen LogP contribution in [-0.4, -0.2) is 71.5 Å². The minimum absolute atomic E-state index is 0.255. The molecular weight excluding hydrogens is 312 g/mol. The third kappa shape index (κ3) is 2.79. The number of nitrogens with zero attached hydrogens (tertiary/aromatic N) is 4. The van der Waals surface area contributed by atoms with Crippen LogP contribution in [0.5, 0.6) is 0 Å². The van der Waals surface area contributed by atoms with Gasteiger partial charge in [-0.1, -0.05) is 54.6 Å². The van der Waals surface area contributed by atoms with Crippen molar-refractivity contribution in [2.24, 2.45) is 0 Å². The van der Waals surface area contributed by atoms with E-state index in [1.165, 1.54) is 5.56 Å². The molecule has 5 heteroatoms. The van der Waals surface area contributed by atoms with Gasteiger partial charge in [0.2, 0.25) is 5.78 Å². The van der Waals surface area contributed by atoms with Crippen molar-refractivity contribution in [2.45, 2.75) is 0 Å². The highest BCUT2D eigenvalue weighted by molar-refractivity contribution is 5.97. The lowest BCUT2D eigenvalue weighted by Crippen LogP contribution is -2.79. The van der Waals surface area contributed by atoms with Gasteiger partial charge < -0.3 is 0 Å². The summed E-state index contributed by atoms with van der Waals surface area (Å²) in [6.07, 6.45) is 0. The van der Waals surface area contributed by atoms with Gasteiger partial charge in [-0.15, -0.1) is 0 Å². The Morgan fingerprint density at radius 1 is 0.760 bits per heavy atom. The van der Waals surface area contributed by atoms with Crippen molar-refractivity contribution in [3.8, 4) is 11.1 Å². The molecule has 0 aliphatic carbocycles. The van der Waals surface area contributed by atoms with Gasteiger partial charge in [0, 0.05) is 5.56 Å². The molecule has 0 atom stereocenters. The van der Waals surface area contributed by atoms with Crippen LogP contribution < -0.4 is 0 Å². The van der Waals surface area contributed by atoms with Crippen molar-refractivity contribution in [3.05, 3.63) is 60.2 Å². The Balaban J connectivity index is 1.33. The number of rotatable bonds is 4. The molecule has 2 aromatic carbocycles. The molecule has 0 N–H and O–H groups in total. The molecular formula is C20H23N4O+. The van der Waals surface area contributed by atoms with Crippen molar-refractivity contribution in [3.63, 3.8) is 0 Å². The smallest absolute Gasteiger partial charge is 0.217 e. The van der Waals surface area contributed by atoms with E-state index >= 15 is 0 Å². The van der Waals surface area contributed by atoms with Gasteiger partial charge >= 0.3 is 0 Å². The van der Waals surface area contributed by atoms with Gasteiger partial charge in [0.1, 0.15) is 26.6 Å². The zero-order chi connectivity index (χ0) is 16.9. The molecule has 4 aliphatic heterocycles. The molecule has 4 heterocycles. The number of hydrogen-bond acceptors (Lipinski definition) is 4. The van der Waals surface area contributed by atoms with Crippen LogP contribution in [0.4, 0.5) is 0 Å². The highest BCUT2D eigenvalue weighted by Gasteiger charge is 2.49. The normalized spacial score (nSPS) is 32.7. The number of quaternary nitrogens is 1. The predicted molar refractivity (Wildman–Crippen MR) is 96.1 cm³/mol. The molecule has 5 nitrogen and oxygen atoms in total. The molecule has 0 unspecified atom stereocenters. The van der Waals surface area contributed by atoms with E-state index < -0.39 is 0 Å². The second kappa shape index (κ2) is 5.75. The molecule has 0 radical (unpaired) electrons. The van der Waals surface area contributed by atoms with Crippen LogP contribution in [0, 0.1) is 0 Å². The van der Waals surface area contributed by atoms with Gasteiger partial charge in [-0.25, -0.2) is 14.7 Å². The Hall–Kier alpha value is -2.05. The first-order chi connectivity index (χ1) is 12.2. The summed E-state index contributed by atoms with van der Waals surface area (Å²) in [7, 11) is 0. The van der Waals surface area contributed by atoms with Gasteiger partial charge in [-0.05, 0) is 11.1 Å². The SMILES string of the molecule is O=C(C[N+]12CN3CN(CN(C3)C1)C2)c1ccc(-c2ccccc2)cc1. The van der Waals surface area contributed by atoms with Crippen LogP contribution in [0.15, 0.2) is 54.6 Å². The Labute approximate surface area is 148 Å². The van der Waals surface area contributed by atoms with Gasteiger partial charge in [0.05, 0.1) is 20.0 Å². The van der Waals surface area contributed by atoms with E-state index in [9.17, 15) is 4.79 Å². The topological polar surface area (TPSA) is 26.8 Å². The van der Waals surface area contributed by atoms with Crippen molar-refractivity contribution >= 4 is 5.78 Å². The number of benzene rings is 2. The summed E-state index contributed by atoms with van der Waals surface area (Å²) in [6.45, 7) is 6.75. The zero-order valence-electron chi connectivity index (χ0n) is 14.3. The maximum atomic E-state index is 12.9. The molecule has 0 aromatic heterocycles. The number of carbonyl (C=O) groups is 1. The van der Waals surface area contributed by atoms with Crippen molar-refractivity contribution < 1.29 is 9.28 Å². The average Bonchev–Trinajstić information content (AvgIpc) is 2.61. The summed E-state index contributed by atoms with van der Waals surface area (Å²) < 4.78 is 0.860. The molecule has 6 rings (SSSR count). The van der Waals surface area contributed by atoms with E-state index in [1.54, 1.807) is 0 Å². The highest BCUT2D eigenvalue weighted by atomic mass is 16.1. The lowest BCUT2D eigenvalue weighted by Gasteiger charge is -2.60.